The van der Waals surface area contributed by atoms with Crippen LogP contribution in [0.25, 0.3) is 0 Å². The fourth-order valence-corrected chi connectivity index (χ4v) is 2.92. The molecule has 2 rings (SSSR count). The third kappa shape index (κ3) is 4.20. The first kappa shape index (κ1) is 15.3. The predicted octanol–water partition coefficient (Wildman–Crippen LogP) is 2.25. The number of nitriles is 1. The molecule has 0 aliphatic carbocycles. The van der Waals surface area contributed by atoms with Crippen molar-refractivity contribution in [1.82, 2.24) is 4.90 Å². The van der Waals surface area contributed by atoms with E-state index in [4.69, 9.17) is 15.1 Å². The van der Waals surface area contributed by atoms with Gasteiger partial charge in [-0.3, -0.25) is 9.69 Å². The third-order valence-corrected chi connectivity index (χ3v) is 3.87. The van der Waals surface area contributed by atoms with E-state index in [-0.39, 0.29) is 12.3 Å². The zero-order chi connectivity index (χ0) is 15.2. The molecule has 0 spiro atoms. The molecule has 1 aliphatic heterocycles. The Morgan fingerprint density at radius 2 is 2.38 bits per heavy atom. The number of nitrogens with zero attached hydrogens (tertiary/aromatic N) is 2. The van der Waals surface area contributed by atoms with E-state index in [9.17, 15) is 4.79 Å². The largest absolute Gasteiger partial charge is 0.496 e. The number of piperidine rings is 1. The number of likely N-dealkylation sites (tertiary alicyclic amines) is 1. The van der Waals surface area contributed by atoms with Gasteiger partial charge in [-0.15, -0.1) is 0 Å². The van der Waals surface area contributed by atoms with Gasteiger partial charge in [0.1, 0.15) is 5.75 Å². The van der Waals surface area contributed by atoms with Crippen molar-refractivity contribution in [3.05, 3.63) is 29.3 Å². The van der Waals surface area contributed by atoms with Crippen molar-refractivity contribution in [3.63, 3.8) is 0 Å². The molecule has 0 amide bonds. The minimum Gasteiger partial charge on any atom is -0.496 e. The van der Waals surface area contributed by atoms with Gasteiger partial charge in [0.05, 0.1) is 18.7 Å². The standard InChI is InChI=1S/C16H20N2O3/c1-21-15-5-4-12(9-17)7-14(15)11-18-6-2-3-13(10-18)8-16(19)20/h4-5,7,13H,2-3,6,8,10-11H2,1H3,(H,19,20). The molecule has 1 saturated heterocycles. The lowest BCUT2D eigenvalue weighted by Gasteiger charge is -2.32. The maximum absolute atomic E-state index is 10.8. The SMILES string of the molecule is COc1ccc(C#N)cc1CN1CCCC(CC(=O)O)C1. The lowest BCUT2D eigenvalue weighted by Crippen LogP contribution is -2.35. The van der Waals surface area contributed by atoms with Crippen LogP contribution in [0.3, 0.4) is 0 Å². The van der Waals surface area contributed by atoms with Gasteiger partial charge in [0, 0.05) is 25.1 Å². The van der Waals surface area contributed by atoms with Crippen LogP contribution in [0.15, 0.2) is 18.2 Å². The summed E-state index contributed by atoms with van der Waals surface area (Å²) < 4.78 is 5.35. The Labute approximate surface area is 124 Å². The van der Waals surface area contributed by atoms with Gasteiger partial charge in [-0.25, -0.2) is 0 Å². The second-order valence-corrected chi connectivity index (χ2v) is 5.48. The Morgan fingerprint density at radius 1 is 1.57 bits per heavy atom. The first-order valence-corrected chi connectivity index (χ1v) is 7.13. The lowest BCUT2D eigenvalue weighted by atomic mass is 9.94. The number of hydrogen-bond acceptors (Lipinski definition) is 4. The van der Waals surface area contributed by atoms with Crippen molar-refractivity contribution < 1.29 is 14.6 Å². The lowest BCUT2D eigenvalue weighted by molar-refractivity contribution is -0.138. The monoisotopic (exact) mass is 288 g/mol. The number of carbonyl (C=O) groups is 1. The molecule has 21 heavy (non-hydrogen) atoms. The van der Waals surface area contributed by atoms with Crippen LogP contribution in [0.1, 0.15) is 30.4 Å². The van der Waals surface area contributed by atoms with Crippen LogP contribution in [0.5, 0.6) is 5.75 Å². The van der Waals surface area contributed by atoms with Crippen LogP contribution in [0.2, 0.25) is 0 Å². The van der Waals surface area contributed by atoms with Gasteiger partial charge in [-0.1, -0.05) is 0 Å². The van der Waals surface area contributed by atoms with Crippen LogP contribution in [-0.4, -0.2) is 36.2 Å². The summed E-state index contributed by atoms with van der Waals surface area (Å²) in [6, 6.07) is 7.54. The first-order valence-electron chi connectivity index (χ1n) is 7.13. The van der Waals surface area contributed by atoms with Crippen LogP contribution in [0, 0.1) is 17.2 Å². The van der Waals surface area contributed by atoms with Gasteiger partial charge in [-0.05, 0) is 43.5 Å². The highest BCUT2D eigenvalue weighted by molar-refractivity contribution is 5.67. The van der Waals surface area contributed by atoms with Crippen LogP contribution in [0.4, 0.5) is 0 Å². The van der Waals surface area contributed by atoms with E-state index < -0.39 is 5.97 Å². The summed E-state index contributed by atoms with van der Waals surface area (Å²) >= 11 is 0. The average Bonchev–Trinajstić information content (AvgIpc) is 2.47. The van der Waals surface area contributed by atoms with Gasteiger partial charge in [0.2, 0.25) is 0 Å². The van der Waals surface area contributed by atoms with Gasteiger partial charge in [0.15, 0.2) is 0 Å². The Kier molecular flexibility index (Phi) is 5.18. The van der Waals surface area contributed by atoms with Gasteiger partial charge < -0.3 is 9.84 Å². The summed E-state index contributed by atoms with van der Waals surface area (Å²) in [6.07, 6.45) is 2.21. The van der Waals surface area contributed by atoms with Gasteiger partial charge in [-0.2, -0.15) is 5.26 Å². The van der Waals surface area contributed by atoms with Crippen molar-refractivity contribution in [3.8, 4) is 11.8 Å². The summed E-state index contributed by atoms with van der Waals surface area (Å²) in [5, 5.41) is 17.9. The Morgan fingerprint density at radius 3 is 3.05 bits per heavy atom. The molecule has 112 valence electrons. The molecule has 0 aromatic heterocycles. The second-order valence-electron chi connectivity index (χ2n) is 5.48. The van der Waals surface area contributed by atoms with E-state index in [0.717, 1.165) is 37.2 Å². The summed E-state index contributed by atoms with van der Waals surface area (Å²) in [7, 11) is 1.62. The molecular formula is C16H20N2O3. The average molecular weight is 288 g/mol. The van der Waals surface area contributed by atoms with Crippen LogP contribution < -0.4 is 4.74 Å². The van der Waals surface area contributed by atoms with Crippen molar-refractivity contribution in [2.24, 2.45) is 5.92 Å². The molecular weight excluding hydrogens is 268 g/mol. The highest BCUT2D eigenvalue weighted by Crippen LogP contribution is 2.25. The molecule has 1 fully saturated rings. The number of hydrogen-bond donors (Lipinski definition) is 1. The minimum absolute atomic E-state index is 0.210. The molecule has 1 aromatic rings. The third-order valence-electron chi connectivity index (χ3n) is 3.87. The fraction of sp³-hybridized carbons (Fsp3) is 0.500. The van der Waals surface area contributed by atoms with E-state index in [1.54, 1.807) is 13.2 Å². The van der Waals surface area contributed by atoms with E-state index >= 15 is 0 Å². The summed E-state index contributed by atoms with van der Waals surface area (Å²) in [5.74, 6) is 0.252. The van der Waals surface area contributed by atoms with Crippen LogP contribution >= 0.6 is 0 Å². The van der Waals surface area contributed by atoms with E-state index in [1.807, 2.05) is 12.1 Å². The summed E-state index contributed by atoms with van der Waals surface area (Å²) in [5.41, 5.74) is 1.59. The summed E-state index contributed by atoms with van der Waals surface area (Å²) in [6.45, 7) is 2.43. The molecule has 1 heterocycles. The van der Waals surface area contributed by atoms with Crippen molar-refractivity contribution in [2.75, 3.05) is 20.2 Å². The Balaban J connectivity index is 2.07. The number of ether oxygens (including phenoxy) is 1. The molecule has 5 nitrogen and oxygen atoms in total. The number of aliphatic carboxylic acids is 1. The zero-order valence-corrected chi connectivity index (χ0v) is 12.2. The van der Waals surface area contributed by atoms with Gasteiger partial charge >= 0.3 is 5.97 Å². The number of carboxylic acid groups (broad SMARTS) is 1. The fourth-order valence-electron chi connectivity index (χ4n) is 2.92. The highest BCUT2D eigenvalue weighted by atomic mass is 16.5. The molecule has 1 aliphatic rings. The normalized spacial score (nSPS) is 19.0. The number of rotatable bonds is 5. The maximum atomic E-state index is 10.8. The van der Waals surface area contributed by atoms with Crippen molar-refractivity contribution in [1.29, 1.82) is 5.26 Å². The zero-order valence-electron chi connectivity index (χ0n) is 12.2. The molecule has 0 saturated carbocycles. The topological polar surface area (TPSA) is 73.6 Å². The molecule has 1 atom stereocenters. The number of methoxy groups -OCH3 is 1. The van der Waals surface area contributed by atoms with E-state index in [0.29, 0.717) is 12.1 Å². The summed E-state index contributed by atoms with van der Waals surface area (Å²) in [4.78, 5) is 13.1. The maximum Gasteiger partial charge on any atom is 0.303 e. The Bertz CT molecular complexity index is 551. The van der Waals surface area contributed by atoms with E-state index in [1.165, 1.54) is 0 Å². The second kappa shape index (κ2) is 7.09. The van der Waals surface area contributed by atoms with E-state index in [2.05, 4.69) is 11.0 Å². The molecule has 5 heteroatoms. The molecule has 0 bridgehead atoms. The number of benzene rings is 1. The number of carboxylic acids is 1. The van der Waals surface area contributed by atoms with Crippen molar-refractivity contribution >= 4 is 5.97 Å². The minimum atomic E-state index is -0.731. The smallest absolute Gasteiger partial charge is 0.303 e. The van der Waals surface area contributed by atoms with Crippen LogP contribution in [-0.2, 0) is 11.3 Å². The predicted molar refractivity (Wildman–Crippen MR) is 78.0 cm³/mol. The molecule has 1 unspecified atom stereocenters. The molecule has 1 N–H and O–H groups in total. The molecule has 1 aromatic carbocycles. The van der Waals surface area contributed by atoms with Gasteiger partial charge in [0.25, 0.3) is 0 Å². The quantitative estimate of drug-likeness (QED) is 0.899. The Hall–Kier alpha value is -2.06. The molecule has 0 radical (unpaired) electrons. The highest BCUT2D eigenvalue weighted by Gasteiger charge is 2.22. The van der Waals surface area contributed by atoms with Crippen molar-refractivity contribution in [2.45, 2.75) is 25.8 Å². The first-order chi connectivity index (χ1) is 10.1.